The summed E-state index contributed by atoms with van der Waals surface area (Å²) < 4.78 is 23.2. The molecule has 10 heteroatoms. The van der Waals surface area contributed by atoms with Gasteiger partial charge < -0.3 is 44.5 Å². The Bertz CT molecular complexity index is 1340. The maximum absolute atomic E-state index is 12.7. The fourth-order valence-electron chi connectivity index (χ4n) is 5.99. The second-order valence-electron chi connectivity index (χ2n) is 9.68. The SMILES string of the molecule is COc1ccc(C23Oc4cc(OCC(O)CO)cc(OC)c4C2(O)C(O)C(C(=O)O)C3c2ccccc2)cc1. The summed E-state index contributed by atoms with van der Waals surface area (Å²) >= 11 is 0. The first-order valence-electron chi connectivity index (χ1n) is 12.4. The number of hydrogen-bond donors (Lipinski definition) is 5. The van der Waals surface area contributed by atoms with E-state index >= 15 is 0 Å². The van der Waals surface area contributed by atoms with E-state index in [1.165, 1.54) is 26.4 Å². The quantitative estimate of drug-likeness (QED) is 0.272. The van der Waals surface area contributed by atoms with Crippen LogP contribution in [0.3, 0.4) is 0 Å². The summed E-state index contributed by atoms with van der Waals surface area (Å²) in [5, 5.41) is 53.6. The summed E-state index contributed by atoms with van der Waals surface area (Å²) in [5.74, 6) is -2.83. The summed E-state index contributed by atoms with van der Waals surface area (Å²) in [5.41, 5.74) is -3.03. The van der Waals surface area contributed by atoms with Gasteiger partial charge in [0.1, 0.15) is 41.8 Å². The van der Waals surface area contributed by atoms with Crippen molar-refractivity contribution >= 4 is 5.97 Å². The van der Waals surface area contributed by atoms with Gasteiger partial charge in [-0.25, -0.2) is 0 Å². The summed E-state index contributed by atoms with van der Waals surface area (Å²) in [6.07, 6.45) is -2.93. The Balaban J connectivity index is 1.78. The van der Waals surface area contributed by atoms with Gasteiger partial charge >= 0.3 is 5.97 Å². The van der Waals surface area contributed by atoms with Crippen LogP contribution in [0.4, 0.5) is 0 Å². The van der Waals surface area contributed by atoms with Gasteiger partial charge in [0.25, 0.3) is 0 Å². The van der Waals surface area contributed by atoms with Crippen molar-refractivity contribution in [3.63, 3.8) is 0 Å². The third-order valence-corrected chi connectivity index (χ3v) is 7.66. The van der Waals surface area contributed by atoms with Gasteiger partial charge in [-0.2, -0.15) is 0 Å². The molecule has 0 spiro atoms. The molecule has 2 aliphatic rings. The average Bonchev–Trinajstić information content (AvgIpc) is 3.34. The van der Waals surface area contributed by atoms with Gasteiger partial charge in [-0.05, 0) is 23.3 Å². The Morgan fingerprint density at radius 3 is 2.31 bits per heavy atom. The normalized spacial score (nSPS) is 27.7. The molecule has 1 fully saturated rings. The molecule has 5 rings (SSSR count). The molecule has 39 heavy (non-hydrogen) atoms. The second-order valence-corrected chi connectivity index (χ2v) is 9.68. The molecule has 0 bridgehead atoms. The van der Waals surface area contributed by atoms with E-state index in [9.17, 15) is 25.2 Å². The monoisotopic (exact) mass is 538 g/mol. The van der Waals surface area contributed by atoms with Crippen molar-refractivity contribution in [1.82, 2.24) is 0 Å². The van der Waals surface area contributed by atoms with Crippen LogP contribution in [0.2, 0.25) is 0 Å². The lowest BCUT2D eigenvalue weighted by Crippen LogP contribution is -2.52. The molecule has 0 aromatic heterocycles. The largest absolute Gasteiger partial charge is 0.497 e. The van der Waals surface area contributed by atoms with Crippen LogP contribution in [0.15, 0.2) is 66.7 Å². The first-order chi connectivity index (χ1) is 18.7. The molecule has 3 aromatic carbocycles. The van der Waals surface area contributed by atoms with Crippen molar-refractivity contribution in [3.05, 3.63) is 83.4 Å². The van der Waals surface area contributed by atoms with Crippen molar-refractivity contribution in [3.8, 4) is 23.0 Å². The van der Waals surface area contributed by atoms with Crippen LogP contribution in [-0.4, -0.2) is 71.1 Å². The number of aliphatic hydroxyl groups is 4. The maximum atomic E-state index is 12.7. The van der Waals surface area contributed by atoms with Crippen molar-refractivity contribution in [2.24, 2.45) is 5.92 Å². The highest BCUT2D eigenvalue weighted by Crippen LogP contribution is 2.70. The van der Waals surface area contributed by atoms with Crippen LogP contribution in [0, 0.1) is 5.92 Å². The van der Waals surface area contributed by atoms with Crippen LogP contribution in [0.1, 0.15) is 22.6 Å². The summed E-state index contributed by atoms with van der Waals surface area (Å²) in [6.45, 7) is -0.719. The first kappa shape index (κ1) is 26.8. The van der Waals surface area contributed by atoms with E-state index in [1.54, 1.807) is 54.6 Å². The van der Waals surface area contributed by atoms with Crippen molar-refractivity contribution < 1.29 is 49.3 Å². The minimum atomic E-state index is -2.27. The molecule has 0 saturated heterocycles. The van der Waals surface area contributed by atoms with E-state index in [0.29, 0.717) is 16.9 Å². The third-order valence-electron chi connectivity index (χ3n) is 7.66. The van der Waals surface area contributed by atoms with E-state index < -0.39 is 47.8 Å². The smallest absolute Gasteiger partial charge is 0.310 e. The maximum Gasteiger partial charge on any atom is 0.310 e. The Morgan fingerprint density at radius 1 is 1.03 bits per heavy atom. The second kappa shape index (κ2) is 10.0. The number of methoxy groups -OCH3 is 2. The van der Waals surface area contributed by atoms with Gasteiger partial charge in [0, 0.05) is 18.1 Å². The topological polar surface area (TPSA) is 155 Å². The molecule has 0 amide bonds. The van der Waals surface area contributed by atoms with Crippen molar-refractivity contribution in [2.75, 3.05) is 27.4 Å². The Hall–Kier alpha value is -3.83. The zero-order chi connectivity index (χ0) is 27.9. The lowest BCUT2D eigenvalue weighted by Gasteiger charge is -2.40. The van der Waals surface area contributed by atoms with Crippen LogP contribution in [0.5, 0.6) is 23.0 Å². The minimum Gasteiger partial charge on any atom is -0.497 e. The number of carboxylic acid groups (broad SMARTS) is 1. The third kappa shape index (κ3) is 3.90. The number of carbonyl (C=O) groups is 1. The molecular weight excluding hydrogens is 508 g/mol. The molecule has 6 atom stereocenters. The minimum absolute atomic E-state index is 0.0769. The zero-order valence-corrected chi connectivity index (χ0v) is 21.4. The molecule has 5 N–H and O–H groups in total. The molecule has 1 aliphatic carbocycles. The number of fused-ring (bicyclic) bond motifs is 3. The van der Waals surface area contributed by atoms with E-state index in [-0.39, 0.29) is 29.4 Å². The van der Waals surface area contributed by atoms with E-state index in [0.717, 1.165) is 0 Å². The van der Waals surface area contributed by atoms with E-state index in [1.807, 2.05) is 0 Å². The molecule has 1 saturated carbocycles. The lowest BCUT2D eigenvalue weighted by molar-refractivity contribution is -0.159. The molecule has 1 heterocycles. The number of hydrogen-bond acceptors (Lipinski definition) is 9. The van der Waals surface area contributed by atoms with Gasteiger partial charge in [-0.15, -0.1) is 0 Å². The van der Waals surface area contributed by atoms with Gasteiger partial charge in [0.05, 0.1) is 32.3 Å². The van der Waals surface area contributed by atoms with Gasteiger partial charge in [0.15, 0.2) is 11.2 Å². The molecule has 10 nitrogen and oxygen atoms in total. The number of aliphatic hydroxyl groups excluding tert-OH is 3. The van der Waals surface area contributed by atoms with E-state index in [2.05, 4.69) is 0 Å². The fourth-order valence-corrected chi connectivity index (χ4v) is 5.99. The van der Waals surface area contributed by atoms with E-state index in [4.69, 9.17) is 24.1 Å². The number of benzene rings is 3. The van der Waals surface area contributed by atoms with Gasteiger partial charge in [-0.3, -0.25) is 4.79 Å². The lowest BCUT2D eigenvalue weighted by atomic mass is 9.70. The number of rotatable bonds is 9. The predicted octanol–water partition coefficient (Wildman–Crippen LogP) is 1.77. The number of carboxylic acids is 1. The van der Waals surface area contributed by atoms with Crippen LogP contribution >= 0.6 is 0 Å². The Labute approximate surface area is 224 Å². The van der Waals surface area contributed by atoms with Gasteiger partial charge in [0.2, 0.25) is 0 Å². The molecule has 1 aliphatic heterocycles. The average molecular weight is 539 g/mol. The standard InChI is InChI=1S/C29H30O10/c1-36-19-10-8-17(9-11-19)29-24(16-6-4-3-5-7-16)23(27(33)34)26(32)28(29,35)25-21(37-2)12-20(13-22(25)39-29)38-15-18(31)14-30/h3-13,18,23-24,26,30-32,35H,14-15H2,1-2H3,(H,33,34). The number of aliphatic carboxylic acids is 1. The molecule has 6 unspecified atom stereocenters. The molecule has 3 aromatic rings. The highest BCUT2D eigenvalue weighted by atomic mass is 16.5. The van der Waals surface area contributed by atoms with Gasteiger partial charge in [-0.1, -0.05) is 42.5 Å². The molecule has 206 valence electrons. The fraction of sp³-hybridized carbons (Fsp3) is 0.345. The summed E-state index contributed by atoms with van der Waals surface area (Å²) in [6, 6.07) is 18.4. The van der Waals surface area contributed by atoms with Crippen LogP contribution in [0.25, 0.3) is 0 Å². The predicted molar refractivity (Wildman–Crippen MR) is 137 cm³/mol. The highest BCUT2D eigenvalue weighted by molar-refractivity contribution is 5.77. The molecular formula is C29H30O10. The summed E-state index contributed by atoms with van der Waals surface area (Å²) in [4.78, 5) is 12.7. The zero-order valence-electron chi connectivity index (χ0n) is 21.4. The Morgan fingerprint density at radius 2 is 1.72 bits per heavy atom. The number of ether oxygens (including phenoxy) is 4. The van der Waals surface area contributed by atoms with Crippen molar-refractivity contribution in [2.45, 2.75) is 29.3 Å². The van der Waals surface area contributed by atoms with Crippen molar-refractivity contribution in [1.29, 1.82) is 0 Å². The van der Waals surface area contributed by atoms with Crippen LogP contribution < -0.4 is 18.9 Å². The highest BCUT2D eigenvalue weighted by Gasteiger charge is 2.78. The first-order valence-corrected chi connectivity index (χ1v) is 12.4. The molecule has 0 radical (unpaired) electrons. The van der Waals surface area contributed by atoms with Crippen LogP contribution in [-0.2, 0) is 16.0 Å². The Kier molecular flexibility index (Phi) is 6.90. The summed E-state index contributed by atoms with van der Waals surface area (Å²) in [7, 11) is 2.88.